The minimum Gasteiger partial charge on any atom is -0.249 e. The summed E-state index contributed by atoms with van der Waals surface area (Å²) in [4.78, 5) is 0.196. The Morgan fingerprint density at radius 1 is 1.22 bits per heavy atom. The molecular weight excluding hydrogens is 270 g/mol. The van der Waals surface area contributed by atoms with Gasteiger partial charge in [-0.05, 0) is 30.9 Å². The van der Waals surface area contributed by atoms with Gasteiger partial charge in [0.2, 0.25) is 0 Å². The highest BCUT2D eigenvalue weighted by Crippen LogP contribution is 2.22. The third-order valence-corrected chi connectivity index (χ3v) is 7.72. The minimum atomic E-state index is -3.80. The largest absolute Gasteiger partial charge is 0.290 e. The SMILES string of the molecule is CCc1ccccc1S(=O)(=O)N=S1(=O)CCCC1. The van der Waals surface area contributed by atoms with E-state index in [1.165, 1.54) is 6.07 Å². The third-order valence-electron chi connectivity index (χ3n) is 3.04. The summed E-state index contributed by atoms with van der Waals surface area (Å²) in [6.07, 6.45) is 2.21. The second-order valence-electron chi connectivity index (χ2n) is 4.40. The predicted molar refractivity (Wildman–Crippen MR) is 72.5 cm³/mol. The van der Waals surface area contributed by atoms with E-state index in [-0.39, 0.29) is 4.90 Å². The second kappa shape index (κ2) is 5.01. The fourth-order valence-corrected chi connectivity index (χ4v) is 6.76. The highest BCUT2D eigenvalue weighted by Gasteiger charge is 2.23. The van der Waals surface area contributed by atoms with Crippen LogP contribution >= 0.6 is 0 Å². The molecule has 0 aliphatic carbocycles. The molecule has 0 unspecified atom stereocenters. The first-order chi connectivity index (χ1) is 8.47. The molecule has 1 heterocycles. The molecule has 0 bridgehead atoms. The third kappa shape index (κ3) is 2.75. The lowest BCUT2D eigenvalue weighted by Gasteiger charge is -2.06. The van der Waals surface area contributed by atoms with E-state index in [0.717, 1.165) is 18.4 Å². The highest BCUT2D eigenvalue weighted by molar-refractivity contribution is 8.03. The minimum absolute atomic E-state index is 0.196. The summed E-state index contributed by atoms with van der Waals surface area (Å²) in [7, 11) is -6.34. The summed E-state index contributed by atoms with van der Waals surface area (Å²) in [6.45, 7) is 1.89. The molecule has 0 spiro atoms. The van der Waals surface area contributed by atoms with Crippen molar-refractivity contribution in [2.75, 3.05) is 11.5 Å². The van der Waals surface area contributed by atoms with Gasteiger partial charge in [0.1, 0.15) is 0 Å². The number of nitrogens with zero attached hydrogens (tertiary/aromatic N) is 1. The van der Waals surface area contributed by atoms with E-state index in [0.29, 0.717) is 17.9 Å². The highest BCUT2D eigenvalue weighted by atomic mass is 32.3. The Morgan fingerprint density at radius 2 is 1.83 bits per heavy atom. The summed E-state index contributed by atoms with van der Waals surface area (Å²) >= 11 is 0. The van der Waals surface area contributed by atoms with Gasteiger partial charge < -0.3 is 0 Å². The first-order valence-electron chi connectivity index (χ1n) is 6.03. The molecule has 0 aromatic heterocycles. The molecule has 1 aromatic carbocycles. The van der Waals surface area contributed by atoms with Crippen LogP contribution in [0.15, 0.2) is 32.9 Å². The fourth-order valence-electron chi connectivity index (χ4n) is 2.10. The first-order valence-corrected chi connectivity index (χ1v) is 9.33. The van der Waals surface area contributed by atoms with E-state index in [4.69, 9.17) is 0 Å². The quantitative estimate of drug-likeness (QED) is 0.856. The molecule has 4 nitrogen and oxygen atoms in total. The van der Waals surface area contributed by atoms with E-state index in [2.05, 4.69) is 3.77 Å². The zero-order valence-corrected chi connectivity index (χ0v) is 12.0. The summed E-state index contributed by atoms with van der Waals surface area (Å²) in [5, 5.41) is 0. The van der Waals surface area contributed by atoms with Crippen molar-refractivity contribution in [1.29, 1.82) is 0 Å². The maximum atomic E-state index is 12.2. The van der Waals surface area contributed by atoms with Crippen molar-refractivity contribution >= 4 is 19.8 Å². The van der Waals surface area contributed by atoms with Crippen molar-refractivity contribution in [1.82, 2.24) is 0 Å². The monoisotopic (exact) mass is 287 g/mol. The molecule has 0 amide bonds. The number of rotatable bonds is 3. The van der Waals surface area contributed by atoms with Crippen molar-refractivity contribution in [3.63, 3.8) is 0 Å². The average Bonchev–Trinajstić information content (AvgIpc) is 2.74. The van der Waals surface area contributed by atoms with Gasteiger partial charge in [0.05, 0.1) is 14.6 Å². The van der Waals surface area contributed by atoms with E-state index >= 15 is 0 Å². The van der Waals surface area contributed by atoms with Crippen LogP contribution in [0.2, 0.25) is 0 Å². The van der Waals surface area contributed by atoms with Crippen LogP contribution in [0.3, 0.4) is 0 Å². The molecule has 1 aromatic rings. The Labute approximate surface area is 109 Å². The number of benzene rings is 1. The number of sulfonamides is 1. The van der Waals surface area contributed by atoms with E-state index in [1.807, 2.05) is 6.92 Å². The molecule has 0 radical (unpaired) electrons. The lowest BCUT2D eigenvalue weighted by atomic mass is 10.2. The van der Waals surface area contributed by atoms with Crippen molar-refractivity contribution in [2.24, 2.45) is 3.77 Å². The van der Waals surface area contributed by atoms with E-state index in [9.17, 15) is 12.6 Å². The van der Waals surface area contributed by atoms with Crippen LogP contribution in [0.4, 0.5) is 0 Å². The van der Waals surface area contributed by atoms with Gasteiger partial charge in [0, 0.05) is 11.5 Å². The van der Waals surface area contributed by atoms with Crippen LogP contribution in [0.5, 0.6) is 0 Å². The van der Waals surface area contributed by atoms with Gasteiger partial charge in [-0.25, -0.2) is 4.21 Å². The Morgan fingerprint density at radius 3 is 2.44 bits per heavy atom. The lowest BCUT2D eigenvalue weighted by molar-refractivity contribution is 0.597. The lowest BCUT2D eigenvalue weighted by Crippen LogP contribution is -2.08. The predicted octanol–water partition coefficient (Wildman–Crippen LogP) is 2.20. The molecule has 6 heteroatoms. The summed E-state index contributed by atoms with van der Waals surface area (Å²) in [5.74, 6) is 0.807. The molecule has 0 atom stereocenters. The summed E-state index contributed by atoms with van der Waals surface area (Å²) < 4.78 is 40.4. The molecule has 18 heavy (non-hydrogen) atoms. The van der Waals surface area contributed by atoms with Crippen LogP contribution in [0, 0.1) is 0 Å². The van der Waals surface area contributed by atoms with Gasteiger partial charge in [0.15, 0.2) is 0 Å². The number of aryl methyl sites for hydroxylation is 1. The van der Waals surface area contributed by atoms with Crippen molar-refractivity contribution < 1.29 is 12.6 Å². The number of hydrogen-bond donors (Lipinski definition) is 0. The topological polar surface area (TPSA) is 63.6 Å². The number of hydrogen-bond acceptors (Lipinski definition) is 3. The summed E-state index contributed by atoms with van der Waals surface area (Å²) in [5.41, 5.74) is 0.724. The maximum Gasteiger partial charge on any atom is 0.290 e. The van der Waals surface area contributed by atoms with Crippen LogP contribution in [-0.2, 0) is 26.2 Å². The summed E-state index contributed by atoms with van der Waals surface area (Å²) in [6, 6.07) is 6.77. The van der Waals surface area contributed by atoms with Crippen molar-refractivity contribution in [3.8, 4) is 0 Å². The molecule has 1 fully saturated rings. The van der Waals surface area contributed by atoms with Gasteiger partial charge >= 0.3 is 0 Å². The van der Waals surface area contributed by atoms with Crippen molar-refractivity contribution in [2.45, 2.75) is 31.1 Å². The average molecular weight is 287 g/mol. The molecule has 2 rings (SSSR count). The maximum absolute atomic E-state index is 12.2. The van der Waals surface area contributed by atoms with Crippen LogP contribution in [0.1, 0.15) is 25.3 Å². The van der Waals surface area contributed by atoms with Crippen LogP contribution in [0.25, 0.3) is 0 Å². The normalized spacial score (nSPS) is 18.7. The molecule has 1 aliphatic rings. The Balaban J connectivity index is 2.53. The smallest absolute Gasteiger partial charge is 0.249 e. The van der Waals surface area contributed by atoms with Gasteiger partial charge in [-0.2, -0.15) is 8.42 Å². The van der Waals surface area contributed by atoms with Crippen LogP contribution < -0.4 is 0 Å². The molecule has 1 aliphatic heterocycles. The molecular formula is C12H17NO3S2. The van der Waals surface area contributed by atoms with Crippen molar-refractivity contribution in [3.05, 3.63) is 29.8 Å². The molecule has 100 valence electrons. The first kappa shape index (κ1) is 13.5. The fraction of sp³-hybridized carbons (Fsp3) is 0.500. The molecule has 1 saturated heterocycles. The Bertz CT molecular complexity index is 644. The standard InChI is InChI=1S/C12H17NO3S2/c1-2-11-7-3-4-8-12(11)18(15,16)13-17(14)9-5-6-10-17/h3-4,7-8H,2,5-6,9-10H2,1H3. The van der Waals surface area contributed by atoms with Crippen LogP contribution in [-0.4, -0.2) is 24.1 Å². The van der Waals surface area contributed by atoms with Gasteiger partial charge in [-0.1, -0.05) is 25.1 Å². The Hall–Kier alpha value is -0.880. The van der Waals surface area contributed by atoms with Gasteiger partial charge in [-0.3, -0.25) is 0 Å². The zero-order chi connectivity index (χ0) is 13.2. The van der Waals surface area contributed by atoms with E-state index < -0.39 is 19.8 Å². The Kier molecular flexibility index (Phi) is 3.77. The molecule has 0 saturated carbocycles. The van der Waals surface area contributed by atoms with E-state index in [1.54, 1.807) is 18.2 Å². The zero-order valence-electron chi connectivity index (χ0n) is 10.3. The van der Waals surface area contributed by atoms with Gasteiger partial charge in [0.25, 0.3) is 10.0 Å². The molecule has 0 N–H and O–H groups in total. The second-order valence-corrected chi connectivity index (χ2v) is 8.75. The van der Waals surface area contributed by atoms with Gasteiger partial charge in [-0.15, -0.1) is 3.77 Å².